The van der Waals surface area contributed by atoms with Crippen LogP contribution in [0.5, 0.6) is 0 Å². The number of nitrogen functional groups attached to an aromatic ring is 1. The van der Waals surface area contributed by atoms with E-state index in [1.165, 1.54) is 19.2 Å². The fourth-order valence-electron chi connectivity index (χ4n) is 1.55. The fourth-order valence-corrected chi connectivity index (χ4v) is 2.32. The van der Waals surface area contributed by atoms with Gasteiger partial charge < -0.3 is 20.9 Å². The van der Waals surface area contributed by atoms with Crippen molar-refractivity contribution in [1.29, 1.82) is 0 Å². The molecule has 0 aliphatic rings. The van der Waals surface area contributed by atoms with Crippen LogP contribution in [0, 0.1) is 0 Å². The molecular weight excluding hydrogens is 282 g/mol. The summed E-state index contributed by atoms with van der Waals surface area (Å²) in [6.45, 7) is 1.54. The highest BCUT2D eigenvalue weighted by Gasteiger charge is 2.12. The van der Waals surface area contributed by atoms with Gasteiger partial charge >= 0.3 is 0 Å². The van der Waals surface area contributed by atoms with E-state index in [2.05, 4.69) is 10.0 Å². The molecule has 0 saturated carbocycles. The largest absolute Gasteiger partial charge is 0.397 e. The number of rotatable bonds is 9. The molecule has 1 aromatic rings. The van der Waals surface area contributed by atoms with Crippen LogP contribution in [0.3, 0.4) is 0 Å². The van der Waals surface area contributed by atoms with Crippen molar-refractivity contribution >= 4 is 21.4 Å². The van der Waals surface area contributed by atoms with Gasteiger partial charge in [0.05, 0.1) is 29.5 Å². The molecule has 0 aliphatic heterocycles. The number of anilines is 2. The molecule has 0 unspecified atom stereocenters. The predicted molar refractivity (Wildman–Crippen MR) is 78.1 cm³/mol. The predicted octanol–water partition coefficient (Wildman–Crippen LogP) is -0.0122. The molecule has 0 spiro atoms. The zero-order valence-corrected chi connectivity index (χ0v) is 12.2. The van der Waals surface area contributed by atoms with Crippen LogP contribution >= 0.6 is 0 Å². The van der Waals surface area contributed by atoms with Crippen molar-refractivity contribution in [3.05, 3.63) is 18.2 Å². The van der Waals surface area contributed by atoms with E-state index < -0.39 is 10.0 Å². The van der Waals surface area contributed by atoms with E-state index in [4.69, 9.17) is 15.6 Å². The lowest BCUT2D eigenvalue weighted by atomic mass is 10.2. The Kier molecular flexibility index (Phi) is 6.73. The van der Waals surface area contributed by atoms with E-state index in [-0.39, 0.29) is 11.5 Å². The van der Waals surface area contributed by atoms with Crippen molar-refractivity contribution in [2.24, 2.45) is 0 Å². The second-order valence-electron chi connectivity index (χ2n) is 4.07. The maximum atomic E-state index is 11.6. The van der Waals surface area contributed by atoms with Gasteiger partial charge in [-0.05, 0) is 31.7 Å². The average Bonchev–Trinajstić information content (AvgIpc) is 2.44. The molecule has 5 N–H and O–H groups in total. The zero-order chi connectivity index (χ0) is 15.0. The number of hydrogen-bond acceptors (Lipinski definition) is 6. The van der Waals surface area contributed by atoms with Crippen LogP contribution in [0.15, 0.2) is 23.1 Å². The van der Waals surface area contributed by atoms with Gasteiger partial charge in [0.1, 0.15) is 0 Å². The minimum atomic E-state index is -3.47. The molecule has 0 saturated heterocycles. The summed E-state index contributed by atoms with van der Waals surface area (Å²) in [5.41, 5.74) is 6.87. The van der Waals surface area contributed by atoms with Crippen LogP contribution in [-0.2, 0) is 14.8 Å². The first-order valence-electron chi connectivity index (χ1n) is 6.27. The van der Waals surface area contributed by atoms with Crippen molar-refractivity contribution in [2.75, 3.05) is 44.5 Å². The van der Waals surface area contributed by atoms with Gasteiger partial charge in [-0.25, -0.2) is 13.1 Å². The average molecular weight is 303 g/mol. The van der Waals surface area contributed by atoms with E-state index in [1.807, 2.05) is 0 Å². The monoisotopic (exact) mass is 303 g/mol. The SMILES string of the molecule is CNS(=O)(=O)c1ccc(NCCCOCCO)c(N)c1. The van der Waals surface area contributed by atoms with E-state index in [0.717, 1.165) is 6.42 Å². The molecular formula is C12H21N3O4S. The summed E-state index contributed by atoms with van der Waals surface area (Å²) in [7, 11) is -2.12. The van der Waals surface area contributed by atoms with E-state index in [0.29, 0.717) is 31.1 Å². The summed E-state index contributed by atoms with van der Waals surface area (Å²) in [4.78, 5) is 0.134. The summed E-state index contributed by atoms with van der Waals surface area (Å²) in [6.07, 6.45) is 0.760. The molecule has 0 bridgehead atoms. The van der Waals surface area contributed by atoms with E-state index >= 15 is 0 Å². The van der Waals surface area contributed by atoms with Crippen molar-refractivity contribution < 1.29 is 18.3 Å². The first-order valence-corrected chi connectivity index (χ1v) is 7.75. The Balaban J connectivity index is 2.53. The lowest BCUT2D eigenvalue weighted by Crippen LogP contribution is -2.19. The summed E-state index contributed by atoms with van der Waals surface area (Å²) in [5, 5.41) is 11.6. The minimum Gasteiger partial charge on any atom is -0.397 e. The van der Waals surface area contributed by atoms with Gasteiger partial charge in [0.15, 0.2) is 0 Å². The minimum absolute atomic E-state index is 0.0157. The normalized spacial score (nSPS) is 11.5. The van der Waals surface area contributed by atoms with Gasteiger partial charge in [0, 0.05) is 13.2 Å². The Morgan fingerprint density at radius 1 is 1.35 bits per heavy atom. The highest BCUT2D eigenvalue weighted by Crippen LogP contribution is 2.22. The number of ether oxygens (including phenoxy) is 1. The zero-order valence-electron chi connectivity index (χ0n) is 11.4. The number of nitrogens with one attached hydrogen (secondary N) is 2. The van der Waals surface area contributed by atoms with Crippen LogP contribution in [0.1, 0.15) is 6.42 Å². The standard InChI is InChI=1S/C12H21N3O4S/c1-14-20(17,18)10-3-4-12(11(13)9-10)15-5-2-7-19-8-6-16/h3-4,9,14-16H,2,5-8,13H2,1H3. The molecule has 1 aromatic carbocycles. The number of aliphatic hydroxyl groups excluding tert-OH is 1. The molecule has 0 aromatic heterocycles. The third-order valence-electron chi connectivity index (χ3n) is 2.62. The number of sulfonamides is 1. The molecule has 1 rings (SSSR count). The molecule has 0 radical (unpaired) electrons. The van der Waals surface area contributed by atoms with Crippen LogP contribution in [-0.4, -0.2) is 46.9 Å². The van der Waals surface area contributed by atoms with Gasteiger partial charge in [0.25, 0.3) is 0 Å². The van der Waals surface area contributed by atoms with Crippen LogP contribution in [0.25, 0.3) is 0 Å². The first-order chi connectivity index (χ1) is 9.51. The van der Waals surface area contributed by atoms with Crippen molar-refractivity contribution in [2.45, 2.75) is 11.3 Å². The van der Waals surface area contributed by atoms with Gasteiger partial charge in [-0.15, -0.1) is 0 Å². The van der Waals surface area contributed by atoms with Gasteiger partial charge in [-0.3, -0.25) is 0 Å². The molecule has 7 nitrogen and oxygen atoms in total. The molecule has 0 fully saturated rings. The molecule has 0 heterocycles. The Bertz CT molecular complexity index is 519. The molecule has 8 heteroatoms. The number of aliphatic hydroxyl groups is 1. The molecule has 0 amide bonds. The summed E-state index contributed by atoms with van der Waals surface area (Å²) >= 11 is 0. The molecule has 0 atom stereocenters. The third kappa shape index (κ3) is 4.97. The van der Waals surface area contributed by atoms with E-state index in [9.17, 15) is 8.42 Å². The fraction of sp³-hybridized carbons (Fsp3) is 0.500. The highest BCUT2D eigenvalue weighted by molar-refractivity contribution is 7.89. The number of nitrogens with two attached hydrogens (primary N) is 1. The quantitative estimate of drug-likeness (QED) is 0.377. The van der Waals surface area contributed by atoms with Gasteiger partial charge in [-0.1, -0.05) is 0 Å². The number of benzene rings is 1. The van der Waals surface area contributed by atoms with Crippen LogP contribution < -0.4 is 15.8 Å². The Morgan fingerprint density at radius 2 is 2.10 bits per heavy atom. The van der Waals surface area contributed by atoms with Crippen LogP contribution in [0.2, 0.25) is 0 Å². The van der Waals surface area contributed by atoms with Crippen molar-refractivity contribution in [3.8, 4) is 0 Å². The van der Waals surface area contributed by atoms with Crippen molar-refractivity contribution in [3.63, 3.8) is 0 Å². The third-order valence-corrected chi connectivity index (χ3v) is 4.03. The molecule has 20 heavy (non-hydrogen) atoms. The Hall–Kier alpha value is -1.35. The number of hydrogen-bond donors (Lipinski definition) is 4. The molecule has 114 valence electrons. The van der Waals surface area contributed by atoms with Gasteiger partial charge in [0.2, 0.25) is 10.0 Å². The Labute approximate surface area is 119 Å². The maximum Gasteiger partial charge on any atom is 0.240 e. The summed E-state index contributed by atoms with van der Waals surface area (Å²) in [5.74, 6) is 0. The first kappa shape index (κ1) is 16.7. The lowest BCUT2D eigenvalue weighted by molar-refractivity contribution is 0.0922. The van der Waals surface area contributed by atoms with Crippen molar-refractivity contribution in [1.82, 2.24) is 4.72 Å². The molecule has 0 aliphatic carbocycles. The summed E-state index contributed by atoms with van der Waals surface area (Å²) in [6, 6.07) is 4.54. The summed E-state index contributed by atoms with van der Waals surface area (Å²) < 4.78 is 30.6. The smallest absolute Gasteiger partial charge is 0.240 e. The van der Waals surface area contributed by atoms with Crippen LogP contribution in [0.4, 0.5) is 11.4 Å². The Morgan fingerprint density at radius 3 is 2.70 bits per heavy atom. The second kappa shape index (κ2) is 8.05. The highest BCUT2D eigenvalue weighted by atomic mass is 32.2. The lowest BCUT2D eigenvalue weighted by Gasteiger charge is -2.11. The van der Waals surface area contributed by atoms with E-state index in [1.54, 1.807) is 6.07 Å². The maximum absolute atomic E-state index is 11.6. The second-order valence-corrected chi connectivity index (χ2v) is 5.96. The topological polar surface area (TPSA) is 114 Å². The van der Waals surface area contributed by atoms with Gasteiger partial charge in [-0.2, -0.15) is 0 Å².